The number of hydrogen-bond acceptors (Lipinski definition) is 6. The topological polar surface area (TPSA) is 62.8 Å². The van der Waals surface area contributed by atoms with Crippen molar-refractivity contribution in [3.8, 4) is 11.5 Å². The lowest BCUT2D eigenvalue weighted by Crippen LogP contribution is -2.37. The minimum atomic E-state index is -0.347. The van der Waals surface area contributed by atoms with Gasteiger partial charge in [-0.3, -0.25) is 4.79 Å². The Balaban J connectivity index is 1.62. The number of fused-ring (bicyclic) bond motifs is 1. The van der Waals surface area contributed by atoms with Crippen LogP contribution in [0.1, 0.15) is 83.9 Å². The largest absolute Gasteiger partial charge is 0.497 e. The van der Waals surface area contributed by atoms with Gasteiger partial charge in [0.25, 0.3) is 0 Å². The quantitative estimate of drug-likeness (QED) is 0.270. The Bertz CT molecular complexity index is 1440. The first-order valence-electron chi connectivity index (χ1n) is 15.3. The Morgan fingerprint density at radius 3 is 2.24 bits per heavy atom. The summed E-state index contributed by atoms with van der Waals surface area (Å²) >= 11 is 0. The van der Waals surface area contributed by atoms with Gasteiger partial charge in [-0.15, -0.1) is 0 Å². The summed E-state index contributed by atoms with van der Waals surface area (Å²) in [7, 11) is 1.67. The van der Waals surface area contributed by atoms with E-state index in [1.165, 1.54) is 0 Å². The third-order valence-electron chi connectivity index (χ3n) is 8.52. The molecule has 0 fully saturated rings. The molecule has 0 amide bonds. The summed E-state index contributed by atoms with van der Waals surface area (Å²) in [5.41, 5.74) is 6.96. The van der Waals surface area contributed by atoms with Crippen LogP contribution in [0.3, 0.4) is 0 Å². The fraction of sp³-hybridized carbons (Fsp3) is 0.417. The molecule has 2 aliphatic rings. The van der Waals surface area contributed by atoms with Gasteiger partial charge in [-0.05, 0) is 89.3 Å². The van der Waals surface area contributed by atoms with E-state index in [-0.39, 0.29) is 23.8 Å². The molecule has 3 aromatic carbocycles. The van der Waals surface area contributed by atoms with Crippen LogP contribution >= 0.6 is 0 Å². The van der Waals surface area contributed by atoms with Gasteiger partial charge in [-0.2, -0.15) is 0 Å². The Hall–Kier alpha value is -3.93. The highest BCUT2D eigenvalue weighted by Crippen LogP contribution is 2.46. The molecule has 0 bridgehead atoms. The lowest BCUT2D eigenvalue weighted by Gasteiger charge is -2.35. The fourth-order valence-corrected chi connectivity index (χ4v) is 6.35. The molecule has 0 saturated heterocycles. The predicted octanol–water partition coefficient (Wildman–Crippen LogP) is 8.48. The van der Waals surface area contributed by atoms with Gasteiger partial charge in [0, 0.05) is 47.1 Å². The highest BCUT2D eigenvalue weighted by molar-refractivity contribution is 6.01. The molecule has 0 saturated carbocycles. The lowest BCUT2D eigenvalue weighted by atomic mass is 9.78. The number of ether oxygens (including phenoxy) is 2. The average molecular weight is 568 g/mol. The predicted molar refractivity (Wildman–Crippen MR) is 173 cm³/mol. The summed E-state index contributed by atoms with van der Waals surface area (Å²) in [6.45, 7) is 13.1. The first-order valence-corrected chi connectivity index (χ1v) is 15.3. The molecule has 6 nitrogen and oxygen atoms in total. The van der Waals surface area contributed by atoms with Crippen LogP contribution in [-0.2, 0) is 4.79 Å². The fourth-order valence-electron chi connectivity index (χ4n) is 6.35. The van der Waals surface area contributed by atoms with Crippen LogP contribution in [0.25, 0.3) is 0 Å². The zero-order valence-electron chi connectivity index (χ0n) is 26.0. The molecule has 0 radical (unpaired) electrons. The van der Waals surface area contributed by atoms with Crippen molar-refractivity contribution in [2.24, 2.45) is 0 Å². The number of allylic oxidation sites excluding steroid dienone is 1. The van der Waals surface area contributed by atoms with Gasteiger partial charge < -0.3 is 25.0 Å². The van der Waals surface area contributed by atoms with E-state index < -0.39 is 0 Å². The number of nitrogens with one attached hydrogen (secondary N) is 2. The summed E-state index contributed by atoms with van der Waals surface area (Å²) in [5, 5.41) is 7.42. The number of carbonyl (C=O) groups is 1. The van der Waals surface area contributed by atoms with Crippen molar-refractivity contribution < 1.29 is 14.3 Å². The van der Waals surface area contributed by atoms with E-state index in [1.54, 1.807) is 7.11 Å². The van der Waals surface area contributed by atoms with Crippen LogP contribution in [0.5, 0.6) is 11.5 Å². The molecule has 6 heteroatoms. The number of anilines is 3. The molecule has 3 aromatic rings. The Morgan fingerprint density at radius 2 is 1.60 bits per heavy atom. The van der Waals surface area contributed by atoms with Crippen molar-refractivity contribution in [3.63, 3.8) is 0 Å². The molecule has 222 valence electrons. The molecule has 3 unspecified atom stereocenters. The number of carbonyl (C=O) groups excluding carboxylic acids is 1. The van der Waals surface area contributed by atoms with E-state index in [9.17, 15) is 4.79 Å². The number of methoxy groups -OCH3 is 1. The van der Waals surface area contributed by atoms with Crippen molar-refractivity contribution in [1.82, 2.24) is 0 Å². The Morgan fingerprint density at radius 1 is 0.905 bits per heavy atom. The van der Waals surface area contributed by atoms with E-state index in [0.717, 1.165) is 63.8 Å². The van der Waals surface area contributed by atoms with Crippen molar-refractivity contribution in [1.29, 1.82) is 0 Å². The maximum atomic E-state index is 14.2. The van der Waals surface area contributed by atoms with Gasteiger partial charge >= 0.3 is 0 Å². The zero-order chi connectivity index (χ0) is 30.0. The standard InChI is InChI=1S/C36H45N3O3/c1-8-24(6)42-34-21-27(39(22(2)3)23(4)5)15-18-29(34)36-35-32(37-30-11-9-10-12-31(30)38-36)19-26(20-33(35)40)25-13-16-28(41-7)17-14-25/h9-18,21-24,26,36-38H,8,19-20H2,1-7H3. The van der Waals surface area contributed by atoms with Gasteiger partial charge in [0.1, 0.15) is 11.5 Å². The Kier molecular flexibility index (Phi) is 8.81. The van der Waals surface area contributed by atoms with E-state index in [2.05, 4.69) is 99.5 Å². The number of Topliss-reactive ketones (excluding diaryl/α,β-unsaturated/α-hetero) is 1. The number of rotatable bonds is 9. The van der Waals surface area contributed by atoms with Crippen LogP contribution in [0, 0.1) is 0 Å². The van der Waals surface area contributed by atoms with Gasteiger partial charge in [0.2, 0.25) is 0 Å². The van der Waals surface area contributed by atoms with Crippen LogP contribution in [0.2, 0.25) is 0 Å². The summed E-state index contributed by atoms with van der Waals surface area (Å²) in [4.78, 5) is 16.6. The second kappa shape index (κ2) is 12.5. The summed E-state index contributed by atoms with van der Waals surface area (Å²) in [6, 6.07) is 23.1. The molecular formula is C36H45N3O3. The number of para-hydroxylation sites is 2. The normalized spacial score (nSPS) is 18.9. The number of nitrogens with zero attached hydrogens (tertiary/aromatic N) is 1. The monoisotopic (exact) mass is 567 g/mol. The van der Waals surface area contributed by atoms with Gasteiger partial charge in [-0.25, -0.2) is 0 Å². The first kappa shape index (κ1) is 29.6. The van der Waals surface area contributed by atoms with Gasteiger partial charge in [0.05, 0.1) is 30.6 Å². The molecule has 42 heavy (non-hydrogen) atoms. The maximum Gasteiger partial charge on any atom is 0.163 e. The van der Waals surface area contributed by atoms with Crippen molar-refractivity contribution in [2.75, 3.05) is 22.6 Å². The lowest BCUT2D eigenvalue weighted by molar-refractivity contribution is -0.116. The summed E-state index contributed by atoms with van der Waals surface area (Å²) in [5.74, 6) is 1.88. The first-order chi connectivity index (χ1) is 20.2. The van der Waals surface area contributed by atoms with E-state index in [4.69, 9.17) is 9.47 Å². The number of benzene rings is 3. The van der Waals surface area contributed by atoms with Gasteiger partial charge in [-0.1, -0.05) is 37.3 Å². The molecule has 0 aromatic heterocycles. The second-order valence-corrected chi connectivity index (χ2v) is 12.1. The van der Waals surface area contributed by atoms with Crippen LogP contribution in [0.15, 0.2) is 78.0 Å². The highest BCUT2D eigenvalue weighted by atomic mass is 16.5. The maximum absolute atomic E-state index is 14.2. The van der Waals surface area contributed by atoms with Crippen LogP contribution in [-0.4, -0.2) is 31.1 Å². The van der Waals surface area contributed by atoms with Crippen molar-refractivity contribution >= 4 is 22.8 Å². The SMILES string of the molecule is CCC(C)Oc1cc(N(C(C)C)C(C)C)ccc1C1Nc2ccccc2NC2=C1C(=O)CC(c1ccc(OC)cc1)C2. The minimum Gasteiger partial charge on any atom is -0.497 e. The number of hydrogen-bond donors (Lipinski definition) is 2. The zero-order valence-corrected chi connectivity index (χ0v) is 26.0. The van der Waals surface area contributed by atoms with Crippen molar-refractivity contribution in [3.05, 3.63) is 89.1 Å². The third kappa shape index (κ3) is 5.99. The molecule has 1 heterocycles. The van der Waals surface area contributed by atoms with E-state index >= 15 is 0 Å². The minimum absolute atomic E-state index is 0.0386. The van der Waals surface area contributed by atoms with E-state index in [1.807, 2.05) is 24.3 Å². The molecular weight excluding hydrogens is 522 g/mol. The molecule has 0 spiro atoms. The second-order valence-electron chi connectivity index (χ2n) is 12.1. The van der Waals surface area contributed by atoms with E-state index in [0.29, 0.717) is 18.5 Å². The third-order valence-corrected chi connectivity index (χ3v) is 8.52. The Labute approximate surface area is 251 Å². The number of ketones is 1. The van der Waals surface area contributed by atoms with Crippen LogP contribution in [0.4, 0.5) is 17.1 Å². The smallest absolute Gasteiger partial charge is 0.163 e. The van der Waals surface area contributed by atoms with Gasteiger partial charge in [0.15, 0.2) is 5.78 Å². The summed E-state index contributed by atoms with van der Waals surface area (Å²) < 4.78 is 12.0. The highest BCUT2D eigenvalue weighted by Gasteiger charge is 2.37. The molecule has 2 N–H and O–H groups in total. The molecule has 1 aliphatic carbocycles. The van der Waals surface area contributed by atoms with Crippen LogP contribution < -0.4 is 25.0 Å². The van der Waals surface area contributed by atoms with Crippen molar-refractivity contribution in [2.45, 2.75) is 91.0 Å². The summed E-state index contributed by atoms with van der Waals surface area (Å²) in [6.07, 6.45) is 2.13. The molecule has 3 atom stereocenters. The average Bonchev–Trinajstić information content (AvgIpc) is 3.14. The molecule has 5 rings (SSSR count). The molecule has 1 aliphatic heterocycles.